The lowest BCUT2D eigenvalue weighted by Gasteiger charge is -2.06. The quantitative estimate of drug-likeness (QED) is 0.161. The van der Waals surface area contributed by atoms with Gasteiger partial charge in [-0.05, 0) is 91.6 Å². The fourth-order valence-electron chi connectivity index (χ4n) is 6.85. The third-order valence-electron chi connectivity index (χ3n) is 9.19. The monoisotopic (exact) mass is 665 g/mol. The molecule has 9 aromatic rings. The largest absolute Gasteiger partial charge is 0.399 e. The highest BCUT2D eigenvalue weighted by Crippen LogP contribution is 2.47. The van der Waals surface area contributed by atoms with E-state index in [1.807, 2.05) is 23.5 Å². The van der Waals surface area contributed by atoms with E-state index < -0.39 is 0 Å². The van der Waals surface area contributed by atoms with Gasteiger partial charge in [-0.15, -0.1) is 45.3 Å². The third kappa shape index (κ3) is 3.99. The molecule has 0 saturated carbocycles. The Kier molecular flexibility index (Phi) is 6.09. The number of nitrogens with one attached hydrogen (secondary N) is 2. The van der Waals surface area contributed by atoms with Crippen LogP contribution in [0.4, 0.5) is 5.69 Å². The summed E-state index contributed by atoms with van der Waals surface area (Å²) in [5.74, 6) is 0. The second-order valence-corrected chi connectivity index (χ2v) is 16.3. The minimum atomic E-state index is 0.601. The van der Waals surface area contributed by atoms with Crippen LogP contribution in [0.1, 0.15) is 16.7 Å². The molecule has 9 rings (SSSR count). The molecule has 3 nitrogen and oxygen atoms in total. The van der Waals surface area contributed by atoms with E-state index in [1.165, 1.54) is 45.1 Å². The molecule has 0 saturated heterocycles. The van der Waals surface area contributed by atoms with Crippen LogP contribution in [0.2, 0.25) is 0 Å². The summed E-state index contributed by atoms with van der Waals surface area (Å²) >= 11 is 7.14. The number of hydrogen-bond acceptors (Lipinski definition) is 7. The van der Waals surface area contributed by atoms with E-state index in [2.05, 4.69) is 93.6 Å². The van der Waals surface area contributed by atoms with Gasteiger partial charge in [0.15, 0.2) is 0 Å². The summed E-state index contributed by atoms with van der Waals surface area (Å²) in [4.78, 5) is 7.29. The average molecular weight is 666 g/mol. The van der Waals surface area contributed by atoms with E-state index in [-0.39, 0.29) is 0 Å². The smallest absolute Gasteiger partial charge is 0.0709 e. The Morgan fingerprint density at radius 2 is 0.870 bits per heavy atom. The molecule has 0 unspecified atom stereocenters. The number of fused-ring (bicyclic) bond motifs is 6. The summed E-state index contributed by atoms with van der Waals surface area (Å²) in [6.45, 7) is 6.43. The van der Waals surface area contributed by atoms with Gasteiger partial charge >= 0.3 is 0 Å². The standard InChI is InChI=1S/C39H27N3S4/c1-18-4-6-21(7-5-18)26-12-14-28(43-26)30-16-24-36(41)32-20(3)35-33(19(2)34(32)38(24)45-30)37(42)25-17-31(46-39(25)35)29-15-13-27(44-29)22-8-10-23(40)11-9-22/h4-17,41-42H,40H2,1-3H3. The highest BCUT2D eigenvalue weighted by atomic mass is 32.1. The van der Waals surface area contributed by atoms with E-state index in [4.69, 9.17) is 5.73 Å². The van der Waals surface area contributed by atoms with Gasteiger partial charge in [0, 0.05) is 76.7 Å². The number of benzene rings is 3. The topological polar surface area (TPSA) is 73.7 Å². The summed E-state index contributed by atoms with van der Waals surface area (Å²) in [5.41, 5.74) is 12.6. The minimum absolute atomic E-state index is 0.601. The molecule has 0 fully saturated rings. The van der Waals surface area contributed by atoms with Crippen LogP contribution in [-0.2, 0) is 0 Å². The minimum Gasteiger partial charge on any atom is -0.399 e. The number of anilines is 1. The summed E-state index contributed by atoms with van der Waals surface area (Å²) in [7, 11) is 0. The van der Waals surface area contributed by atoms with Crippen molar-refractivity contribution in [2.75, 3.05) is 5.73 Å². The van der Waals surface area contributed by atoms with Gasteiger partial charge in [-0.25, -0.2) is 0 Å². The second-order valence-electron chi connectivity index (χ2n) is 12.0. The van der Waals surface area contributed by atoms with Crippen LogP contribution in [0.3, 0.4) is 0 Å². The molecule has 4 heterocycles. The number of rotatable bonds is 4. The van der Waals surface area contributed by atoms with E-state index in [0.717, 1.165) is 59.4 Å². The van der Waals surface area contributed by atoms with Crippen molar-refractivity contribution in [3.63, 3.8) is 0 Å². The third-order valence-corrected chi connectivity index (χ3v) is 14.2. The molecule has 0 aliphatic rings. The van der Waals surface area contributed by atoms with Gasteiger partial charge in [0.05, 0.1) is 10.7 Å². The van der Waals surface area contributed by atoms with Gasteiger partial charge in [-0.3, -0.25) is 10.8 Å². The highest BCUT2D eigenvalue weighted by molar-refractivity contribution is 7.28. The van der Waals surface area contributed by atoms with Gasteiger partial charge < -0.3 is 5.73 Å². The zero-order valence-electron chi connectivity index (χ0n) is 25.3. The van der Waals surface area contributed by atoms with Crippen LogP contribution >= 0.6 is 45.3 Å². The van der Waals surface area contributed by atoms with E-state index >= 15 is 0 Å². The summed E-state index contributed by atoms with van der Waals surface area (Å²) in [6.07, 6.45) is 0. The molecular weight excluding hydrogens is 639 g/mol. The van der Waals surface area contributed by atoms with Crippen LogP contribution in [0.25, 0.3) is 82.1 Å². The lowest BCUT2D eigenvalue weighted by Crippen LogP contribution is -2.00. The Labute approximate surface area is 281 Å². The summed E-state index contributed by atoms with van der Waals surface area (Å²) in [5, 5.41) is 26.3. The first-order chi connectivity index (χ1) is 22.3. The van der Waals surface area contributed by atoms with Gasteiger partial charge in [-0.1, -0.05) is 42.0 Å². The van der Waals surface area contributed by atoms with Crippen molar-refractivity contribution < 1.29 is 0 Å². The van der Waals surface area contributed by atoms with Crippen molar-refractivity contribution >= 4 is 92.8 Å². The molecule has 46 heavy (non-hydrogen) atoms. The lowest BCUT2D eigenvalue weighted by molar-refractivity contribution is 1.33. The fourth-order valence-corrected chi connectivity index (χ4v) is 11.6. The molecule has 4 aromatic heterocycles. The first-order valence-corrected chi connectivity index (χ1v) is 18.3. The Bertz CT molecular complexity index is 2570. The van der Waals surface area contributed by atoms with Gasteiger partial charge in [0.25, 0.3) is 0 Å². The van der Waals surface area contributed by atoms with Gasteiger partial charge in [-0.2, -0.15) is 0 Å². The molecule has 4 N–H and O–H groups in total. The molecule has 0 aliphatic heterocycles. The van der Waals surface area contributed by atoms with Crippen LogP contribution in [-0.4, -0.2) is 0 Å². The molecule has 0 aliphatic carbocycles. The van der Waals surface area contributed by atoms with Crippen molar-refractivity contribution in [1.82, 2.24) is 0 Å². The summed E-state index contributed by atoms with van der Waals surface area (Å²) < 4.78 is 2.33. The highest BCUT2D eigenvalue weighted by Gasteiger charge is 2.24. The van der Waals surface area contributed by atoms with Gasteiger partial charge in [0.2, 0.25) is 0 Å². The first-order valence-electron chi connectivity index (χ1n) is 15.0. The zero-order chi connectivity index (χ0) is 31.4. The van der Waals surface area contributed by atoms with Crippen LogP contribution in [0, 0.1) is 31.6 Å². The number of aryl methyl sites for hydroxylation is 3. The van der Waals surface area contributed by atoms with Crippen molar-refractivity contribution in [2.45, 2.75) is 20.8 Å². The predicted octanol–water partition coefficient (Wildman–Crippen LogP) is 11.6. The predicted molar refractivity (Wildman–Crippen MR) is 202 cm³/mol. The Morgan fingerprint density at radius 3 is 1.33 bits per heavy atom. The van der Waals surface area contributed by atoms with Crippen LogP contribution < -0.4 is 16.4 Å². The molecular formula is C39H27N3S4. The maximum atomic E-state index is 9.37. The molecule has 0 bridgehead atoms. The van der Waals surface area contributed by atoms with Crippen molar-refractivity contribution in [2.24, 2.45) is 0 Å². The number of nitrogens with two attached hydrogens (primary N) is 1. The molecule has 222 valence electrons. The maximum absolute atomic E-state index is 9.37. The number of hydrogen-bond donors (Lipinski definition) is 3. The Hall–Kier alpha value is -4.40. The van der Waals surface area contributed by atoms with Crippen molar-refractivity contribution in [3.8, 4) is 40.4 Å². The van der Waals surface area contributed by atoms with E-state index in [1.54, 1.807) is 34.0 Å². The van der Waals surface area contributed by atoms with Crippen LogP contribution in [0.5, 0.6) is 0 Å². The molecule has 0 radical (unpaired) electrons. The van der Waals surface area contributed by atoms with Gasteiger partial charge in [0.1, 0.15) is 0 Å². The summed E-state index contributed by atoms with van der Waals surface area (Å²) in [6, 6.07) is 29.9. The normalized spacial score (nSPS) is 12.1. The molecule has 0 amide bonds. The van der Waals surface area contributed by atoms with E-state index in [9.17, 15) is 10.8 Å². The first kappa shape index (κ1) is 27.9. The SMILES string of the molecule is Cc1ccc(-c2ccc(-c3cc4c(=N)c5c(C)c6c(c(C)c5c4s3)c(=N)c3cc(-c4ccc(-c5ccc(N)cc5)s4)sc36)s2)cc1. The van der Waals surface area contributed by atoms with Crippen molar-refractivity contribution in [1.29, 1.82) is 10.8 Å². The van der Waals surface area contributed by atoms with Crippen molar-refractivity contribution in [3.05, 3.63) is 112 Å². The molecule has 5 aromatic carbocycles. The second kappa shape index (κ2) is 10.0. The molecule has 0 spiro atoms. The zero-order valence-corrected chi connectivity index (χ0v) is 28.6. The number of nitrogen functional groups attached to an aromatic ring is 1. The average Bonchev–Trinajstić information content (AvgIpc) is 3.89. The maximum Gasteiger partial charge on any atom is 0.0709 e. The van der Waals surface area contributed by atoms with E-state index in [0.29, 0.717) is 10.7 Å². The number of thiophene rings is 4. The Morgan fingerprint density at radius 1 is 0.457 bits per heavy atom. The molecule has 7 heteroatoms. The fraction of sp³-hybridized carbons (Fsp3) is 0.0769. The molecule has 0 atom stereocenters. The lowest BCUT2D eigenvalue weighted by atomic mass is 9.98. The van der Waals surface area contributed by atoms with Crippen LogP contribution in [0.15, 0.2) is 84.9 Å². The Balaban J connectivity index is 1.18.